The molecule has 4 nitrogen and oxygen atoms in total. The minimum absolute atomic E-state index is 0.102. The van der Waals surface area contributed by atoms with Crippen molar-refractivity contribution in [3.05, 3.63) is 53.4 Å². The van der Waals surface area contributed by atoms with Crippen molar-refractivity contribution in [3.63, 3.8) is 0 Å². The molecule has 0 bridgehead atoms. The van der Waals surface area contributed by atoms with Crippen molar-refractivity contribution in [2.75, 3.05) is 7.05 Å². The van der Waals surface area contributed by atoms with Gasteiger partial charge in [-0.25, -0.2) is 4.98 Å². The predicted molar refractivity (Wildman–Crippen MR) is 83.1 cm³/mol. The predicted octanol–water partition coefficient (Wildman–Crippen LogP) is 3.48. The summed E-state index contributed by atoms with van der Waals surface area (Å²) in [5, 5.41) is 0.963. The summed E-state index contributed by atoms with van der Waals surface area (Å²) in [4.78, 5) is 18.4. The molecule has 0 N–H and O–H groups in total. The van der Waals surface area contributed by atoms with Gasteiger partial charge in [-0.05, 0) is 24.3 Å². The Labute approximate surface area is 127 Å². The van der Waals surface area contributed by atoms with E-state index in [4.69, 9.17) is 4.42 Å². The SMILES string of the molecule is CN(Cc1nc2ccccc2s1)C(=O)CCc1ccco1. The van der Waals surface area contributed by atoms with Crippen molar-refractivity contribution < 1.29 is 9.21 Å². The lowest BCUT2D eigenvalue weighted by molar-refractivity contribution is -0.130. The molecular weight excluding hydrogens is 284 g/mol. The van der Waals surface area contributed by atoms with E-state index < -0.39 is 0 Å². The van der Waals surface area contributed by atoms with Gasteiger partial charge in [-0.15, -0.1) is 11.3 Å². The largest absolute Gasteiger partial charge is 0.469 e. The molecule has 0 aliphatic rings. The van der Waals surface area contributed by atoms with Gasteiger partial charge in [0.2, 0.25) is 5.91 Å². The molecule has 5 heteroatoms. The molecule has 108 valence electrons. The van der Waals surface area contributed by atoms with E-state index in [-0.39, 0.29) is 5.91 Å². The lowest BCUT2D eigenvalue weighted by atomic mass is 10.2. The molecule has 0 fully saturated rings. The third-order valence-corrected chi connectivity index (χ3v) is 4.32. The first-order valence-corrected chi connectivity index (χ1v) is 7.65. The van der Waals surface area contributed by atoms with Crippen LogP contribution in [0.5, 0.6) is 0 Å². The van der Waals surface area contributed by atoms with Crippen LogP contribution in [-0.2, 0) is 17.8 Å². The Kier molecular flexibility index (Phi) is 4.01. The van der Waals surface area contributed by atoms with Crippen molar-refractivity contribution in [3.8, 4) is 0 Å². The standard InChI is InChI=1S/C16H16N2O2S/c1-18(16(19)9-8-12-5-4-10-20-12)11-15-17-13-6-2-3-7-14(13)21-15/h2-7,10H,8-9,11H2,1H3. The van der Waals surface area contributed by atoms with Gasteiger partial charge in [-0.1, -0.05) is 12.1 Å². The van der Waals surface area contributed by atoms with E-state index >= 15 is 0 Å². The fourth-order valence-corrected chi connectivity index (χ4v) is 3.18. The Balaban J connectivity index is 1.59. The summed E-state index contributed by atoms with van der Waals surface area (Å²) in [6, 6.07) is 11.8. The lowest BCUT2D eigenvalue weighted by Gasteiger charge is -2.15. The van der Waals surface area contributed by atoms with Crippen LogP contribution in [0.2, 0.25) is 0 Å². The average Bonchev–Trinajstić information content (AvgIpc) is 3.13. The molecule has 0 spiro atoms. The van der Waals surface area contributed by atoms with E-state index in [1.807, 2.05) is 37.4 Å². The molecule has 3 rings (SSSR count). The summed E-state index contributed by atoms with van der Waals surface area (Å²) in [6.45, 7) is 0.552. The molecule has 1 amide bonds. The molecule has 0 radical (unpaired) electrons. The summed E-state index contributed by atoms with van der Waals surface area (Å²) >= 11 is 1.64. The number of furan rings is 1. The monoisotopic (exact) mass is 300 g/mol. The first-order valence-electron chi connectivity index (χ1n) is 6.83. The van der Waals surface area contributed by atoms with E-state index in [0.29, 0.717) is 19.4 Å². The molecule has 21 heavy (non-hydrogen) atoms. The second-order valence-electron chi connectivity index (χ2n) is 4.90. The van der Waals surface area contributed by atoms with E-state index in [2.05, 4.69) is 11.1 Å². The molecule has 0 saturated heterocycles. The number of aryl methyl sites for hydroxylation is 1. The van der Waals surface area contributed by atoms with E-state index in [0.717, 1.165) is 21.0 Å². The van der Waals surface area contributed by atoms with Crippen LogP contribution in [-0.4, -0.2) is 22.8 Å². The number of benzene rings is 1. The van der Waals surface area contributed by atoms with Crippen LogP contribution in [0, 0.1) is 0 Å². The highest BCUT2D eigenvalue weighted by Crippen LogP contribution is 2.22. The highest BCUT2D eigenvalue weighted by atomic mass is 32.1. The van der Waals surface area contributed by atoms with Gasteiger partial charge < -0.3 is 9.32 Å². The average molecular weight is 300 g/mol. The molecule has 0 aliphatic carbocycles. The second kappa shape index (κ2) is 6.10. The van der Waals surface area contributed by atoms with Gasteiger partial charge in [0.05, 0.1) is 23.0 Å². The number of hydrogen-bond donors (Lipinski definition) is 0. The van der Waals surface area contributed by atoms with Crippen molar-refractivity contribution in [2.45, 2.75) is 19.4 Å². The number of fused-ring (bicyclic) bond motifs is 1. The molecule has 2 aromatic heterocycles. The number of rotatable bonds is 5. The molecule has 2 heterocycles. The van der Waals surface area contributed by atoms with Crippen molar-refractivity contribution in [2.24, 2.45) is 0 Å². The maximum atomic E-state index is 12.1. The van der Waals surface area contributed by atoms with Crippen LogP contribution in [0.1, 0.15) is 17.2 Å². The van der Waals surface area contributed by atoms with Crippen LogP contribution in [0.3, 0.4) is 0 Å². The quantitative estimate of drug-likeness (QED) is 0.724. The highest BCUT2D eigenvalue weighted by molar-refractivity contribution is 7.18. The van der Waals surface area contributed by atoms with Crippen molar-refractivity contribution >= 4 is 27.5 Å². The first-order chi connectivity index (χ1) is 10.2. The van der Waals surface area contributed by atoms with Crippen LogP contribution < -0.4 is 0 Å². The molecule has 0 unspecified atom stereocenters. The van der Waals surface area contributed by atoms with Gasteiger partial charge in [0.1, 0.15) is 10.8 Å². The number of carbonyl (C=O) groups excluding carboxylic acids is 1. The van der Waals surface area contributed by atoms with Crippen LogP contribution in [0.15, 0.2) is 47.1 Å². The maximum Gasteiger partial charge on any atom is 0.223 e. The Morgan fingerprint density at radius 3 is 2.90 bits per heavy atom. The molecule has 0 saturated carbocycles. The highest BCUT2D eigenvalue weighted by Gasteiger charge is 2.12. The number of aromatic nitrogens is 1. The van der Waals surface area contributed by atoms with E-state index in [1.165, 1.54) is 0 Å². The molecule has 3 aromatic rings. The Bertz CT molecular complexity index is 701. The zero-order chi connectivity index (χ0) is 14.7. The molecular formula is C16H16N2O2S. The third-order valence-electron chi connectivity index (χ3n) is 3.30. The van der Waals surface area contributed by atoms with Crippen LogP contribution >= 0.6 is 11.3 Å². The number of carbonyl (C=O) groups is 1. The van der Waals surface area contributed by atoms with E-state index in [1.54, 1.807) is 22.5 Å². The Morgan fingerprint density at radius 2 is 2.14 bits per heavy atom. The summed E-state index contributed by atoms with van der Waals surface area (Å²) in [6.07, 6.45) is 2.72. The fourth-order valence-electron chi connectivity index (χ4n) is 2.15. The topological polar surface area (TPSA) is 46.3 Å². The minimum atomic E-state index is 0.102. The van der Waals surface area contributed by atoms with Gasteiger partial charge in [-0.3, -0.25) is 4.79 Å². The number of amides is 1. The van der Waals surface area contributed by atoms with E-state index in [9.17, 15) is 4.79 Å². The molecule has 1 aromatic carbocycles. The second-order valence-corrected chi connectivity index (χ2v) is 6.02. The van der Waals surface area contributed by atoms with Gasteiger partial charge >= 0.3 is 0 Å². The first kappa shape index (κ1) is 13.8. The summed E-state index contributed by atoms with van der Waals surface area (Å²) in [5.74, 6) is 0.947. The normalized spacial score (nSPS) is 10.9. The number of nitrogens with zero attached hydrogens (tertiary/aromatic N) is 2. The van der Waals surface area contributed by atoms with Gasteiger partial charge in [0.15, 0.2) is 0 Å². The zero-order valence-corrected chi connectivity index (χ0v) is 12.6. The Morgan fingerprint density at radius 1 is 1.29 bits per heavy atom. The van der Waals surface area contributed by atoms with Crippen molar-refractivity contribution in [1.29, 1.82) is 0 Å². The van der Waals surface area contributed by atoms with Crippen LogP contribution in [0.25, 0.3) is 10.2 Å². The number of thiazole rings is 1. The Hall–Kier alpha value is -2.14. The summed E-state index contributed by atoms with van der Waals surface area (Å²) in [7, 11) is 1.82. The number of hydrogen-bond acceptors (Lipinski definition) is 4. The molecule has 0 atom stereocenters. The van der Waals surface area contributed by atoms with Gasteiger partial charge in [0, 0.05) is 19.9 Å². The molecule has 0 aliphatic heterocycles. The van der Waals surface area contributed by atoms with Gasteiger partial charge in [-0.2, -0.15) is 0 Å². The minimum Gasteiger partial charge on any atom is -0.469 e. The lowest BCUT2D eigenvalue weighted by Crippen LogP contribution is -2.26. The fraction of sp³-hybridized carbons (Fsp3) is 0.250. The third kappa shape index (κ3) is 3.31. The summed E-state index contributed by atoms with van der Waals surface area (Å²) in [5.41, 5.74) is 0.994. The number of para-hydroxylation sites is 1. The van der Waals surface area contributed by atoms with Gasteiger partial charge in [0.25, 0.3) is 0 Å². The maximum absolute atomic E-state index is 12.1. The van der Waals surface area contributed by atoms with Crippen LogP contribution in [0.4, 0.5) is 0 Å². The smallest absolute Gasteiger partial charge is 0.223 e. The zero-order valence-electron chi connectivity index (χ0n) is 11.8. The van der Waals surface area contributed by atoms with Crippen molar-refractivity contribution in [1.82, 2.24) is 9.88 Å². The summed E-state index contributed by atoms with van der Waals surface area (Å²) < 4.78 is 6.40.